The fourth-order valence-electron chi connectivity index (χ4n) is 4.03. The summed E-state index contributed by atoms with van der Waals surface area (Å²) in [4.78, 5) is 26.2. The summed E-state index contributed by atoms with van der Waals surface area (Å²) in [5, 5.41) is 2.98. The van der Waals surface area contributed by atoms with Crippen LogP contribution in [-0.4, -0.2) is 31.4 Å². The van der Waals surface area contributed by atoms with E-state index in [4.69, 9.17) is 5.73 Å². The molecule has 1 fully saturated rings. The van der Waals surface area contributed by atoms with E-state index in [2.05, 4.69) is 5.32 Å². The first-order chi connectivity index (χ1) is 11.6. The first kappa shape index (κ1) is 19.7. The van der Waals surface area contributed by atoms with Crippen molar-refractivity contribution in [2.45, 2.75) is 44.9 Å². The number of nitrogens with one attached hydrogen (secondary N) is 1. The number of fused-ring (bicyclic) bond motifs is 1. The van der Waals surface area contributed by atoms with Gasteiger partial charge in [0.25, 0.3) is 0 Å². The molecule has 138 valence electrons. The van der Waals surface area contributed by atoms with Gasteiger partial charge in [0, 0.05) is 25.2 Å². The Labute approximate surface area is 155 Å². The third kappa shape index (κ3) is 4.53. The van der Waals surface area contributed by atoms with Crippen molar-refractivity contribution in [2.75, 3.05) is 24.5 Å². The molecule has 0 saturated heterocycles. The van der Waals surface area contributed by atoms with Crippen LogP contribution in [0.25, 0.3) is 0 Å². The van der Waals surface area contributed by atoms with Crippen LogP contribution in [0.4, 0.5) is 5.69 Å². The van der Waals surface area contributed by atoms with Crippen molar-refractivity contribution < 1.29 is 9.59 Å². The fraction of sp³-hybridized carbons (Fsp3) is 0.579. The van der Waals surface area contributed by atoms with Crippen LogP contribution >= 0.6 is 12.4 Å². The molecule has 1 aromatic rings. The Hall–Kier alpha value is -1.59. The van der Waals surface area contributed by atoms with Crippen LogP contribution in [0.1, 0.15) is 44.1 Å². The van der Waals surface area contributed by atoms with Crippen LogP contribution in [-0.2, 0) is 16.0 Å². The van der Waals surface area contributed by atoms with E-state index in [1.54, 1.807) is 4.90 Å². The summed E-state index contributed by atoms with van der Waals surface area (Å²) in [6, 6.07) is 7.85. The predicted octanol–water partition coefficient (Wildman–Crippen LogP) is 2.41. The standard InChI is InChI=1S/C19H27N3O2.ClH/c20-14-19(8-4-1-5-9-19)13-17(23)21-10-11-22-16-7-3-2-6-15(16)12-18(22)24;/h2-3,6-7H,1,4-5,8-14,20H2,(H,21,23);1H. The minimum atomic E-state index is -0.0155. The van der Waals surface area contributed by atoms with E-state index >= 15 is 0 Å². The number of halogens is 1. The summed E-state index contributed by atoms with van der Waals surface area (Å²) in [7, 11) is 0. The summed E-state index contributed by atoms with van der Waals surface area (Å²) in [6.07, 6.45) is 6.66. The van der Waals surface area contributed by atoms with E-state index < -0.39 is 0 Å². The highest BCUT2D eigenvalue weighted by atomic mass is 35.5. The third-order valence-corrected chi connectivity index (χ3v) is 5.47. The van der Waals surface area contributed by atoms with Gasteiger partial charge in [-0.15, -0.1) is 12.4 Å². The molecular formula is C19H28ClN3O2. The topological polar surface area (TPSA) is 75.4 Å². The maximum absolute atomic E-state index is 12.3. The Kier molecular flexibility index (Phi) is 6.85. The minimum absolute atomic E-state index is 0. The van der Waals surface area contributed by atoms with Gasteiger partial charge < -0.3 is 16.0 Å². The van der Waals surface area contributed by atoms with Crippen LogP contribution in [0, 0.1) is 5.41 Å². The zero-order chi connectivity index (χ0) is 17.0. The predicted molar refractivity (Wildman–Crippen MR) is 102 cm³/mol. The third-order valence-electron chi connectivity index (χ3n) is 5.47. The molecule has 5 nitrogen and oxygen atoms in total. The monoisotopic (exact) mass is 365 g/mol. The maximum Gasteiger partial charge on any atom is 0.231 e. The van der Waals surface area contributed by atoms with Crippen molar-refractivity contribution in [2.24, 2.45) is 11.1 Å². The van der Waals surface area contributed by atoms with Crippen LogP contribution < -0.4 is 16.0 Å². The largest absolute Gasteiger partial charge is 0.354 e. The first-order valence-corrected chi connectivity index (χ1v) is 8.99. The summed E-state index contributed by atoms with van der Waals surface area (Å²) < 4.78 is 0. The van der Waals surface area contributed by atoms with Gasteiger partial charge in [-0.1, -0.05) is 37.5 Å². The smallest absolute Gasteiger partial charge is 0.231 e. The fourth-order valence-corrected chi connectivity index (χ4v) is 4.03. The Morgan fingerprint density at radius 1 is 1.20 bits per heavy atom. The lowest BCUT2D eigenvalue weighted by molar-refractivity contribution is -0.124. The highest BCUT2D eigenvalue weighted by Gasteiger charge is 2.33. The molecule has 1 saturated carbocycles. The van der Waals surface area contributed by atoms with Gasteiger partial charge >= 0.3 is 0 Å². The first-order valence-electron chi connectivity index (χ1n) is 8.99. The number of rotatable bonds is 6. The van der Waals surface area contributed by atoms with Crippen LogP contribution in [0.3, 0.4) is 0 Å². The lowest BCUT2D eigenvalue weighted by atomic mass is 9.71. The van der Waals surface area contributed by atoms with Crippen molar-refractivity contribution >= 4 is 29.9 Å². The molecule has 0 atom stereocenters. The molecule has 3 N–H and O–H groups in total. The molecule has 2 aliphatic rings. The second-order valence-electron chi connectivity index (χ2n) is 7.14. The number of hydrogen-bond donors (Lipinski definition) is 2. The van der Waals surface area contributed by atoms with Crippen LogP contribution in [0.5, 0.6) is 0 Å². The molecule has 0 radical (unpaired) electrons. The average Bonchev–Trinajstić information content (AvgIpc) is 2.91. The van der Waals surface area contributed by atoms with Crippen molar-refractivity contribution in [1.29, 1.82) is 0 Å². The SMILES string of the molecule is Cl.NCC1(CC(=O)NCCN2C(=O)Cc3ccccc32)CCCCC1. The molecule has 1 aliphatic heterocycles. The van der Waals surface area contributed by atoms with E-state index in [0.717, 1.165) is 24.1 Å². The quantitative estimate of drug-likeness (QED) is 0.812. The Balaban J connectivity index is 0.00000225. The highest BCUT2D eigenvalue weighted by molar-refractivity contribution is 6.01. The molecule has 25 heavy (non-hydrogen) atoms. The van der Waals surface area contributed by atoms with E-state index in [1.807, 2.05) is 24.3 Å². The van der Waals surface area contributed by atoms with E-state index in [1.165, 1.54) is 19.3 Å². The van der Waals surface area contributed by atoms with Gasteiger partial charge in [0.15, 0.2) is 0 Å². The lowest BCUT2D eigenvalue weighted by Gasteiger charge is -2.35. The van der Waals surface area contributed by atoms with Crippen LogP contribution in [0.2, 0.25) is 0 Å². The average molecular weight is 366 g/mol. The van der Waals surface area contributed by atoms with Crippen molar-refractivity contribution in [3.63, 3.8) is 0 Å². The van der Waals surface area contributed by atoms with Gasteiger partial charge in [-0.2, -0.15) is 0 Å². The molecule has 1 aliphatic carbocycles. The van der Waals surface area contributed by atoms with E-state index in [-0.39, 0.29) is 29.6 Å². The van der Waals surface area contributed by atoms with E-state index in [9.17, 15) is 9.59 Å². The number of para-hydroxylation sites is 1. The number of nitrogens with two attached hydrogens (primary N) is 1. The molecule has 0 bridgehead atoms. The molecule has 3 rings (SSSR count). The zero-order valence-electron chi connectivity index (χ0n) is 14.6. The number of hydrogen-bond acceptors (Lipinski definition) is 3. The molecule has 2 amide bonds. The summed E-state index contributed by atoms with van der Waals surface area (Å²) in [5.41, 5.74) is 7.98. The summed E-state index contributed by atoms with van der Waals surface area (Å²) >= 11 is 0. The van der Waals surface area contributed by atoms with Gasteiger partial charge in [0.2, 0.25) is 11.8 Å². The summed E-state index contributed by atoms with van der Waals surface area (Å²) in [5.74, 6) is 0.165. The number of carbonyl (C=O) groups is 2. The molecular weight excluding hydrogens is 338 g/mol. The Morgan fingerprint density at radius 2 is 1.92 bits per heavy atom. The normalized spacial score (nSPS) is 18.4. The van der Waals surface area contributed by atoms with E-state index in [0.29, 0.717) is 32.5 Å². The second kappa shape index (κ2) is 8.68. The van der Waals surface area contributed by atoms with Crippen molar-refractivity contribution in [1.82, 2.24) is 5.32 Å². The van der Waals surface area contributed by atoms with Crippen molar-refractivity contribution in [3.05, 3.63) is 29.8 Å². The summed E-state index contributed by atoms with van der Waals surface area (Å²) in [6.45, 7) is 1.59. The molecule has 1 heterocycles. The minimum Gasteiger partial charge on any atom is -0.354 e. The highest BCUT2D eigenvalue weighted by Crippen LogP contribution is 2.38. The Bertz CT molecular complexity index is 614. The van der Waals surface area contributed by atoms with Gasteiger partial charge in [-0.25, -0.2) is 0 Å². The van der Waals surface area contributed by atoms with Gasteiger partial charge in [-0.3, -0.25) is 9.59 Å². The number of amides is 2. The second-order valence-corrected chi connectivity index (χ2v) is 7.14. The van der Waals surface area contributed by atoms with Crippen LogP contribution in [0.15, 0.2) is 24.3 Å². The lowest BCUT2D eigenvalue weighted by Crippen LogP contribution is -2.41. The maximum atomic E-state index is 12.3. The van der Waals surface area contributed by atoms with Crippen molar-refractivity contribution in [3.8, 4) is 0 Å². The molecule has 6 heteroatoms. The van der Waals surface area contributed by atoms with Gasteiger partial charge in [0.1, 0.15) is 0 Å². The zero-order valence-corrected chi connectivity index (χ0v) is 15.4. The molecule has 0 aromatic heterocycles. The van der Waals surface area contributed by atoms with Gasteiger partial charge in [0.05, 0.1) is 6.42 Å². The number of anilines is 1. The number of benzene rings is 1. The number of nitrogens with zero attached hydrogens (tertiary/aromatic N) is 1. The molecule has 0 spiro atoms. The van der Waals surface area contributed by atoms with Gasteiger partial charge in [-0.05, 0) is 36.4 Å². The number of carbonyl (C=O) groups excluding carboxylic acids is 2. The Morgan fingerprint density at radius 3 is 2.64 bits per heavy atom. The molecule has 0 unspecified atom stereocenters. The molecule has 1 aromatic carbocycles.